The second kappa shape index (κ2) is 15.0. The average Bonchev–Trinajstić information content (AvgIpc) is 3.44. The lowest BCUT2D eigenvalue weighted by Crippen LogP contribution is -2.36. The number of amides is 3. The molecule has 3 N–H and O–H groups in total. The summed E-state index contributed by atoms with van der Waals surface area (Å²) in [6.07, 6.45) is 13.6. The first kappa shape index (κ1) is 29.8. The van der Waals surface area contributed by atoms with Crippen molar-refractivity contribution in [3.05, 3.63) is 36.0 Å². The molecule has 1 unspecified atom stereocenters. The zero-order valence-corrected chi connectivity index (χ0v) is 23.4. The molecule has 0 aliphatic carbocycles. The minimum Gasteiger partial charge on any atom is -0.464 e. The van der Waals surface area contributed by atoms with Gasteiger partial charge in [-0.15, -0.1) is 0 Å². The zero-order chi connectivity index (χ0) is 27.5. The van der Waals surface area contributed by atoms with Crippen LogP contribution in [0, 0.1) is 11.8 Å². The van der Waals surface area contributed by atoms with Gasteiger partial charge in [0.25, 0.3) is 0 Å². The van der Waals surface area contributed by atoms with Crippen molar-refractivity contribution >= 4 is 35.6 Å². The van der Waals surface area contributed by atoms with Crippen LogP contribution in [0.15, 0.2) is 36.0 Å². The molecule has 38 heavy (non-hydrogen) atoms. The molecule has 0 bridgehead atoms. The lowest BCUT2D eigenvalue weighted by molar-refractivity contribution is -0.144. The fourth-order valence-electron chi connectivity index (χ4n) is 4.74. The summed E-state index contributed by atoms with van der Waals surface area (Å²) in [5.41, 5.74) is 1.13. The summed E-state index contributed by atoms with van der Waals surface area (Å²) in [7, 11) is 0. The molecule has 0 spiro atoms. The Kier molecular flexibility index (Phi) is 11.8. The number of ether oxygens (including phenoxy) is 2. The van der Waals surface area contributed by atoms with Gasteiger partial charge < -0.3 is 25.4 Å². The molecule has 2 fully saturated rings. The van der Waals surface area contributed by atoms with E-state index >= 15 is 0 Å². The molecule has 3 rings (SSSR count). The number of nitrogens with one attached hydrogen (secondary N) is 3. The van der Waals surface area contributed by atoms with Crippen LogP contribution in [-0.2, 0) is 23.9 Å². The number of carbonyl (C=O) groups is 4. The van der Waals surface area contributed by atoms with E-state index in [1.54, 1.807) is 0 Å². The highest BCUT2D eigenvalue weighted by molar-refractivity contribution is 8.00. The van der Waals surface area contributed by atoms with Gasteiger partial charge in [-0.2, -0.15) is 11.8 Å². The fourth-order valence-corrected chi connectivity index (χ4v) is 6.28. The molecule has 2 saturated heterocycles. The van der Waals surface area contributed by atoms with Crippen LogP contribution in [0.5, 0.6) is 0 Å². The number of urea groups is 1. The van der Waals surface area contributed by atoms with Crippen LogP contribution < -0.4 is 16.0 Å². The summed E-state index contributed by atoms with van der Waals surface area (Å²) in [6.45, 7) is 6.29. The van der Waals surface area contributed by atoms with Crippen LogP contribution in [0.2, 0.25) is 0 Å². The normalized spacial score (nSPS) is 27.4. The smallest absolute Gasteiger partial charge is 0.331 e. The van der Waals surface area contributed by atoms with Gasteiger partial charge in [0.1, 0.15) is 12.6 Å². The first-order chi connectivity index (χ1) is 18.2. The zero-order valence-electron chi connectivity index (χ0n) is 22.6. The van der Waals surface area contributed by atoms with Crippen molar-refractivity contribution in [2.45, 2.75) is 82.7 Å². The van der Waals surface area contributed by atoms with Gasteiger partial charge in [0.05, 0.1) is 18.7 Å². The number of hydrogen-bond acceptors (Lipinski definition) is 7. The number of carbonyl (C=O) groups excluding carboxylic acids is 4. The number of unbranched alkanes of at least 4 members (excludes halogenated alkanes) is 1. The van der Waals surface area contributed by atoms with Crippen molar-refractivity contribution in [1.82, 2.24) is 16.0 Å². The van der Waals surface area contributed by atoms with E-state index in [1.807, 2.05) is 36.9 Å². The molecule has 0 saturated carbocycles. The quantitative estimate of drug-likeness (QED) is 0.132. The Balaban J connectivity index is 1.25. The summed E-state index contributed by atoms with van der Waals surface area (Å²) in [6, 6.07) is 0.314. The van der Waals surface area contributed by atoms with E-state index in [9.17, 15) is 19.2 Å². The third-order valence-corrected chi connectivity index (χ3v) is 8.57. The molecule has 0 aromatic heterocycles. The Morgan fingerprint density at radius 2 is 2.11 bits per heavy atom. The van der Waals surface area contributed by atoms with Gasteiger partial charge in [0, 0.05) is 29.4 Å². The maximum absolute atomic E-state index is 12.1. The van der Waals surface area contributed by atoms with Gasteiger partial charge in [-0.05, 0) is 37.7 Å². The predicted molar refractivity (Wildman–Crippen MR) is 147 cm³/mol. The molecule has 0 aromatic rings. The predicted octanol–water partition coefficient (Wildman–Crippen LogP) is 3.41. The van der Waals surface area contributed by atoms with E-state index in [4.69, 9.17) is 9.47 Å². The third-order valence-electron chi connectivity index (χ3n) is 7.06. The lowest BCUT2D eigenvalue weighted by Gasteiger charge is -2.21. The summed E-state index contributed by atoms with van der Waals surface area (Å²) < 4.78 is 10.6. The molecule has 6 atom stereocenters. The molecule has 3 amide bonds. The molecule has 3 aliphatic heterocycles. The van der Waals surface area contributed by atoms with Gasteiger partial charge in [0.2, 0.25) is 5.91 Å². The van der Waals surface area contributed by atoms with E-state index in [0.29, 0.717) is 18.1 Å². The Bertz CT molecular complexity index is 949. The Morgan fingerprint density at radius 1 is 1.29 bits per heavy atom. The fraction of sp³-hybridized carbons (Fsp3) is 0.643. The highest BCUT2D eigenvalue weighted by atomic mass is 32.2. The number of rotatable bonds is 14. The minimum absolute atomic E-state index is 0.0851. The molecular formula is C28H41N3O6S. The molecule has 0 radical (unpaired) electrons. The summed E-state index contributed by atoms with van der Waals surface area (Å²) in [4.78, 5) is 47.0. The van der Waals surface area contributed by atoms with Crippen molar-refractivity contribution in [3.63, 3.8) is 0 Å². The molecular weight excluding hydrogens is 506 g/mol. The monoisotopic (exact) mass is 547 g/mol. The van der Waals surface area contributed by atoms with Gasteiger partial charge in [-0.3, -0.25) is 9.59 Å². The number of hydrogen-bond donors (Lipinski definition) is 3. The number of thioether (sulfide) groups is 1. The molecule has 0 aromatic carbocycles. The minimum atomic E-state index is -0.441. The van der Waals surface area contributed by atoms with E-state index < -0.39 is 5.97 Å². The maximum Gasteiger partial charge on any atom is 0.331 e. The van der Waals surface area contributed by atoms with Crippen molar-refractivity contribution in [3.8, 4) is 0 Å². The third kappa shape index (κ3) is 9.53. The number of fused-ring (bicyclic) bond motifs is 1. The molecule has 3 aliphatic rings. The topological polar surface area (TPSA) is 123 Å². The van der Waals surface area contributed by atoms with E-state index in [1.165, 1.54) is 6.08 Å². The summed E-state index contributed by atoms with van der Waals surface area (Å²) in [5.74, 6) is 0.354. The number of esters is 2. The molecule has 9 nitrogen and oxygen atoms in total. The molecule has 3 heterocycles. The van der Waals surface area contributed by atoms with Crippen LogP contribution in [0.3, 0.4) is 0 Å². The van der Waals surface area contributed by atoms with E-state index in [-0.39, 0.29) is 61.1 Å². The van der Waals surface area contributed by atoms with Crippen LogP contribution in [-0.4, -0.2) is 66.2 Å². The van der Waals surface area contributed by atoms with E-state index in [2.05, 4.69) is 35.9 Å². The SMILES string of the molecule is CCC(=C/[C@H](C)CCOC(=O)CNC(=O)CCCCC1SC[C@@H]2NC(=O)N[C@H]12)/C=C/[C@@H]1OC(=O)C=C[C@@H]1C. The van der Waals surface area contributed by atoms with Crippen molar-refractivity contribution in [2.24, 2.45) is 11.8 Å². The summed E-state index contributed by atoms with van der Waals surface area (Å²) in [5, 5.41) is 8.94. The molecule has 10 heteroatoms. The van der Waals surface area contributed by atoms with Gasteiger partial charge in [-0.25, -0.2) is 9.59 Å². The van der Waals surface area contributed by atoms with Gasteiger partial charge in [0.15, 0.2) is 0 Å². The first-order valence-electron chi connectivity index (χ1n) is 13.6. The first-order valence-corrected chi connectivity index (χ1v) is 14.7. The van der Waals surface area contributed by atoms with Crippen LogP contribution in [0.4, 0.5) is 4.79 Å². The number of cyclic esters (lactones) is 1. The van der Waals surface area contributed by atoms with Crippen molar-refractivity contribution in [2.75, 3.05) is 18.9 Å². The van der Waals surface area contributed by atoms with Crippen molar-refractivity contribution in [1.29, 1.82) is 0 Å². The Hall–Kier alpha value is -2.75. The highest BCUT2D eigenvalue weighted by Gasteiger charge is 2.42. The van der Waals surface area contributed by atoms with Gasteiger partial charge in [-0.1, -0.05) is 51.0 Å². The number of allylic oxidation sites excluding steroid dienone is 3. The second-order valence-electron chi connectivity index (χ2n) is 10.2. The van der Waals surface area contributed by atoms with Crippen LogP contribution in [0.25, 0.3) is 0 Å². The maximum atomic E-state index is 12.1. The van der Waals surface area contributed by atoms with Crippen LogP contribution >= 0.6 is 11.8 Å². The van der Waals surface area contributed by atoms with Crippen LogP contribution in [0.1, 0.15) is 59.3 Å². The lowest BCUT2D eigenvalue weighted by atomic mass is 9.98. The van der Waals surface area contributed by atoms with E-state index in [0.717, 1.165) is 37.0 Å². The average molecular weight is 548 g/mol. The summed E-state index contributed by atoms with van der Waals surface area (Å²) >= 11 is 1.87. The Labute approximate surface area is 229 Å². The molecule has 210 valence electrons. The van der Waals surface area contributed by atoms with Gasteiger partial charge >= 0.3 is 18.0 Å². The van der Waals surface area contributed by atoms with Crippen molar-refractivity contribution < 1.29 is 28.7 Å². The Morgan fingerprint density at radius 3 is 2.89 bits per heavy atom. The second-order valence-corrected chi connectivity index (χ2v) is 11.5. The highest BCUT2D eigenvalue weighted by Crippen LogP contribution is 2.33. The largest absolute Gasteiger partial charge is 0.464 e. The standard InChI is InChI=1S/C28H41N3O6S/c1-4-20(10-11-22-19(3)9-12-25(33)37-22)15-18(2)13-14-36-26(34)16-29-24(32)8-6-5-7-23-27-21(17-38-23)30-28(35)31-27/h9-12,15,18-19,21-23,27H,4-8,13-14,16-17H2,1-3H3,(H,29,32)(H2,30,31,35)/b11-10+,20-15-/t18-,19+,21+,22+,23?,27+/m1/s1.